The van der Waals surface area contributed by atoms with Crippen LogP contribution in [0.4, 0.5) is 23.7 Å². The van der Waals surface area contributed by atoms with Crippen molar-refractivity contribution < 1.29 is 23.1 Å². The molecule has 0 aliphatic rings. The zero-order valence-electron chi connectivity index (χ0n) is 8.71. The van der Waals surface area contributed by atoms with E-state index in [2.05, 4.69) is 0 Å². The third-order valence-electron chi connectivity index (χ3n) is 2.11. The molecule has 0 fully saturated rings. The number of carbonyl (C=O) groups is 1. The van der Waals surface area contributed by atoms with Gasteiger partial charge in [0.1, 0.15) is 0 Å². The van der Waals surface area contributed by atoms with Crippen molar-refractivity contribution in [1.29, 1.82) is 0 Å². The largest absolute Gasteiger partial charge is 0.465 e. The van der Waals surface area contributed by atoms with Crippen molar-refractivity contribution in [3.05, 3.63) is 29.3 Å². The summed E-state index contributed by atoms with van der Waals surface area (Å²) in [5, 5.41) is 10.3. The molecule has 0 bridgehead atoms. The number of halogens is 3. The number of rotatable bonds is 3. The number of amides is 1. The second-order valence-electron chi connectivity index (χ2n) is 3.40. The Balaban J connectivity index is 2.87. The molecule has 0 radical (unpaired) electrons. The number of hydrogen-bond donors (Lipinski definition) is 3. The number of alkyl halides is 3. The van der Waals surface area contributed by atoms with E-state index in [1.807, 2.05) is 5.32 Å². The lowest BCUT2D eigenvalue weighted by Crippen LogP contribution is -2.24. The Morgan fingerprint density at radius 1 is 1.41 bits per heavy atom. The standard InChI is InChI=1S/C10H11F3N2O2/c11-10(12,13)8-5-7(14)2-1-6(8)3-4-15-9(16)17/h1-2,5,15H,3-4,14H2,(H,16,17). The van der Waals surface area contributed by atoms with Crippen LogP contribution in [0, 0.1) is 0 Å². The van der Waals surface area contributed by atoms with Crippen molar-refractivity contribution in [2.24, 2.45) is 0 Å². The van der Waals surface area contributed by atoms with E-state index in [0.717, 1.165) is 6.07 Å². The summed E-state index contributed by atoms with van der Waals surface area (Å²) in [7, 11) is 0. The zero-order valence-corrected chi connectivity index (χ0v) is 8.71. The van der Waals surface area contributed by atoms with Crippen LogP contribution >= 0.6 is 0 Å². The van der Waals surface area contributed by atoms with Crippen LogP contribution in [0.2, 0.25) is 0 Å². The molecule has 1 rings (SSSR count). The van der Waals surface area contributed by atoms with E-state index >= 15 is 0 Å². The summed E-state index contributed by atoms with van der Waals surface area (Å²) < 4.78 is 37.9. The van der Waals surface area contributed by atoms with Crippen LogP contribution in [0.3, 0.4) is 0 Å². The Morgan fingerprint density at radius 2 is 2.06 bits per heavy atom. The number of carboxylic acid groups (broad SMARTS) is 1. The summed E-state index contributed by atoms with van der Waals surface area (Å²) in [5.41, 5.74) is 4.50. The fraction of sp³-hybridized carbons (Fsp3) is 0.300. The van der Waals surface area contributed by atoms with Crippen molar-refractivity contribution in [3.63, 3.8) is 0 Å². The predicted octanol–water partition coefficient (Wildman–Crippen LogP) is 2.10. The summed E-state index contributed by atoms with van der Waals surface area (Å²) in [4.78, 5) is 10.2. The van der Waals surface area contributed by atoms with Gasteiger partial charge in [-0.25, -0.2) is 4.79 Å². The number of nitrogen functional groups attached to an aromatic ring is 1. The quantitative estimate of drug-likeness (QED) is 0.717. The van der Waals surface area contributed by atoms with Crippen molar-refractivity contribution in [2.75, 3.05) is 12.3 Å². The van der Waals surface area contributed by atoms with E-state index in [0.29, 0.717) is 0 Å². The summed E-state index contributed by atoms with van der Waals surface area (Å²) in [5.74, 6) is 0. The predicted molar refractivity (Wildman–Crippen MR) is 55.6 cm³/mol. The van der Waals surface area contributed by atoms with Gasteiger partial charge in [-0.05, 0) is 24.1 Å². The molecule has 1 aromatic carbocycles. The Kier molecular flexibility index (Phi) is 3.82. The van der Waals surface area contributed by atoms with Crippen LogP contribution in [0.15, 0.2) is 18.2 Å². The minimum absolute atomic E-state index is 0.0143. The highest BCUT2D eigenvalue weighted by molar-refractivity contribution is 5.64. The lowest BCUT2D eigenvalue weighted by Gasteiger charge is -2.13. The van der Waals surface area contributed by atoms with Crippen molar-refractivity contribution in [3.8, 4) is 0 Å². The highest BCUT2D eigenvalue weighted by Gasteiger charge is 2.33. The molecular formula is C10H11F3N2O2. The lowest BCUT2D eigenvalue weighted by atomic mass is 10.0. The summed E-state index contributed by atoms with van der Waals surface area (Å²) in [6, 6.07) is 3.45. The molecule has 1 amide bonds. The Labute approximate surface area is 95.2 Å². The summed E-state index contributed by atoms with van der Waals surface area (Å²) in [6.07, 6.45) is -5.80. The summed E-state index contributed by atoms with van der Waals surface area (Å²) >= 11 is 0. The first-order valence-electron chi connectivity index (χ1n) is 4.73. The van der Waals surface area contributed by atoms with Gasteiger partial charge in [-0.1, -0.05) is 6.07 Å². The van der Waals surface area contributed by atoms with Gasteiger partial charge in [0.05, 0.1) is 5.56 Å². The molecule has 0 spiro atoms. The van der Waals surface area contributed by atoms with Crippen molar-refractivity contribution in [1.82, 2.24) is 5.32 Å². The van der Waals surface area contributed by atoms with Crippen LogP contribution < -0.4 is 11.1 Å². The molecule has 0 atom stereocenters. The molecule has 0 heterocycles. The van der Waals surface area contributed by atoms with Crippen LogP contribution in [0.5, 0.6) is 0 Å². The number of benzene rings is 1. The molecule has 0 unspecified atom stereocenters. The second kappa shape index (κ2) is 4.94. The van der Waals surface area contributed by atoms with Gasteiger partial charge in [-0.2, -0.15) is 13.2 Å². The van der Waals surface area contributed by atoms with E-state index in [9.17, 15) is 18.0 Å². The molecular weight excluding hydrogens is 237 g/mol. The van der Waals surface area contributed by atoms with Gasteiger partial charge in [0.25, 0.3) is 0 Å². The van der Waals surface area contributed by atoms with Crippen LogP contribution in [-0.4, -0.2) is 17.7 Å². The minimum Gasteiger partial charge on any atom is -0.465 e. The molecule has 0 aromatic heterocycles. The monoisotopic (exact) mass is 248 g/mol. The lowest BCUT2D eigenvalue weighted by molar-refractivity contribution is -0.138. The molecule has 94 valence electrons. The van der Waals surface area contributed by atoms with E-state index in [1.54, 1.807) is 0 Å². The molecule has 17 heavy (non-hydrogen) atoms. The first kappa shape index (κ1) is 13.1. The Hall–Kier alpha value is -1.92. The van der Waals surface area contributed by atoms with E-state index < -0.39 is 17.8 Å². The van der Waals surface area contributed by atoms with Crippen LogP contribution in [0.25, 0.3) is 0 Å². The molecule has 0 saturated carbocycles. The SMILES string of the molecule is Nc1ccc(CCNC(=O)O)c(C(F)(F)F)c1. The van der Waals surface area contributed by atoms with E-state index in [1.165, 1.54) is 12.1 Å². The highest BCUT2D eigenvalue weighted by Crippen LogP contribution is 2.33. The fourth-order valence-electron chi connectivity index (χ4n) is 1.38. The average Bonchev–Trinajstić information content (AvgIpc) is 2.18. The summed E-state index contributed by atoms with van der Waals surface area (Å²) in [6.45, 7) is -0.0810. The Morgan fingerprint density at radius 3 is 2.59 bits per heavy atom. The second-order valence-corrected chi connectivity index (χ2v) is 3.40. The smallest absolute Gasteiger partial charge is 0.416 e. The normalized spacial score (nSPS) is 11.2. The third-order valence-corrected chi connectivity index (χ3v) is 2.11. The Bertz CT molecular complexity index is 419. The van der Waals surface area contributed by atoms with Gasteiger partial charge in [-0.15, -0.1) is 0 Å². The van der Waals surface area contributed by atoms with Crippen LogP contribution in [0.1, 0.15) is 11.1 Å². The van der Waals surface area contributed by atoms with Gasteiger partial charge in [0.15, 0.2) is 0 Å². The van der Waals surface area contributed by atoms with Crippen molar-refractivity contribution >= 4 is 11.8 Å². The minimum atomic E-state index is -4.49. The maximum absolute atomic E-state index is 12.6. The van der Waals surface area contributed by atoms with E-state index in [-0.39, 0.29) is 24.2 Å². The van der Waals surface area contributed by atoms with Gasteiger partial charge in [0.2, 0.25) is 0 Å². The highest BCUT2D eigenvalue weighted by atomic mass is 19.4. The average molecular weight is 248 g/mol. The molecule has 0 aliphatic carbocycles. The fourth-order valence-corrected chi connectivity index (χ4v) is 1.38. The molecule has 7 heteroatoms. The third kappa shape index (κ3) is 3.86. The number of nitrogens with one attached hydrogen (secondary N) is 1. The number of hydrogen-bond acceptors (Lipinski definition) is 2. The molecule has 4 N–H and O–H groups in total. The maximum Gasteiger partial charge on any atom is 0.416 e. The topological polar surface area (TPSA) is 75.3 Å². The van der Waals surface area contributed by atoms with Gasteiger partial charge >= 0.3 is 12.3 Å². The number of anilines is 1. The van der Waals surface area contributed by atoms with Gasteiger partial charge in [-0.3, -0.25) is 0 Å². The zero-order chi connectivity index (χ0) is 13.1. The molecule has 1 aromatic rings. The molecule has 0 saturated heterocycles. The van der Waals surface area contributed by atoms with Crippen molar-refractivity contribution in [2.45, 2.75) is 12.6 Å². The first-order chi connectivity index (χ1) is 7.80. The molecule has 0 aliphatic heterocycles. The number of nitrogens with two attached hydrogens (primary N) is 1. The first-order valence-corrected chi connectivity index (χ1v) is 4.73. The van der Waals surface area contributed by atoms with E-state index in [4.69, 9.17) is 10.8 Å². The van der Waals surface area contributed by atoms with Crippen LogP contribution in [-0.2, 0) is 12.6 Å². The van der Waals surface area contributed by atoms with Gasteiger partial charge < -0.3 is 16.2 Å². The molecule has 4 nitrogen and oxygen atoms in total. The van der Waals surface area contributed by atoms with Gasteiger partial charge in [0, 0.05) is 12.2 Å². The maximum atomic E-state index is 12.6.